The third-order valence-electron chi connectivity index (χ3n) is 3.55. The molecule has 1 atom stereocenters. The number of carbonyl (C=O) groups excluding carboxylic acids is 3. The quantitative estimate of drug-likeness (QED) is 0.675. The lowest BCUT2D eigenvalue weighted by atomic mass is 10.2. The highest BCUT2D eigenvalue weighted by molar-refractivity contribution is 6.33. The van der Waals surface area contributed by atoms with E-state index in [0.29, 0.717) is 16.4 Å². The molecule has 2 aromatic rings. The molecule has 2 amide bonds. The maximum Gasteiger partial charge on any atom is 0.412 e. The fraction of sp³-hybridized carbons (Fsp3) is 0.286. The van der Waals surface area contributed by atoms with Gasteiger partial charge in [0, 0.05) is 5.69 Å². The molecule has 0 saturated carbocycles. The first kappa shape index (κ1) is 22.2. The average Bonchev–Trinajstić information content (AvgIpc) is 2.62. The van der Waals surface area contributed by atoms with E-state index < -0.39 is 29.7 Å². The van der Waals surface area contributed by atoms with E-state index >= 15 is 0 Å². The van der Waals surface area contributed by atoms with Crippen molar-refractivity contribution in [2.75, 3.05) is 10.6 Å². The van der Waals surface area contributed by atoms with Crippen LogP contribution < -0.4 is 10.6 Å². The van der Waals surface area contributed by atoms with Gasteiger partial charge >= 0.3 is 12.1 Å². The number of amides is 2. The summed E-state index contributed by atoms with van der Waals surface area (Å²) in [6.45, 7) is 6.74. The topological polar surface area (TPSA) is 93.7 Å². The largest absolute Gasteiger partial charge is 0.449 e. The van der Waals surface area contributed by atoms with Gasteiger partial charge in [-0.15, -0.1) is 0 Å². The molecule has 2 rings (SSSR count). The van der Waals surface area contributed by atoms with Crippen LogP contribution in [0.5, 0.6) is 0 Å². The number of esters is 1. The van der Waals surface area contributed by atoms with Gasteiger partial charge in [-0.25, -0.2) is 9.59 Å². The van der Waals surface area contributed by atoms with Crippen LogP contribution in [-0.2, 0) is 14.3 Å². The summed E-state index contributed by atoms with van der Waals surface area (Å²) >= 11 is 6.00. The van der Waals surface area contributed by atoms with E-state index in [0.717, 1.165) is 0 Å². The molecule has 0 aliphatic carbocycles. The fourth-order valence-corrected chi connectivity index (χ4v) is 2.37. The second kappa shape index (κ2) is 9.43. The number of para-hydroxylation sites is 1. The van der Waals surface area contributed by atoms with Gasteiger partial charge in [0.25, 0.3) is 5.91 Å². The number of anilines is 2. The zero-order valence-electron chi connectivity index (χ0n) is 16.6. The molecule has 0 aliphatic heterocycles. The van der Waals surface area contributed by atoms with E-state index in [1.54, 1.807) is 45.0 Å². The van der Waals surface area contributed by atoms with Crippen LogP contribution in [-0.4, -0.2) is 29.7 Å². The molecule has 0 saturated heterocycles. The minimum Gasteiger partial charge on any atom is -0.449 e. The Morgan fingerprint density at radius 3 is 2.17 bits per heavy atom. The number of hydrogen-bond acceptors (Lipinski definition) is 5. The first-order valence-corrected chi connectivity index (χ1v) is 9.29. The minimum absolute atomic E-state index is 0.233. The Balaban J connectivity index is 1.92. The van der Waals surface area contributed by atoms with Gasteiger partial charge in [-0.2, -0.15) is 0 Å². The van der Waals surface area contributed by atoms with Gasteiger partial charge in [0.05, 0.1) is 16.3 Å². The monoisotopic (exact) mass is 418 g/mol. The van der Waals surface area contributed by atoms with Crippen molar-refractivity contribution in [2.45, 2.75) is 39.4 Å². The van der Waals surface area contributed by atoms with Crippen molar-refractivity contribution < 1.29 is 23.9 Å². The zero-order valence-corrected chi connectivity index (χ0v) is 17.4. The number of rotatable bonds is 5. The molecule has 0 bridgehead atoms. The van der Waals surface area contributed by atoms with Crippen molar-refractivity contribution in [3.05, 3.63) is 59.1 Å². The normalized spacial score (nSPS) is 11.9. The third-order valence-corrected chi connectivity index (χ3v) is 3.88. The van der Waals surface area contributed by atoms with Gasteiger partial charge in [-0.05, 0) is 64.1 Å². The van der Waals surface area contributed by atoms with Gasteiger partial charge < -0.3 is 14.8 Å². The first-order valence-electron chi connectivity index (χ1n) is 8.91. The maximum atomic E-state index is 12.3. The highest BCUT2D eigenvalue weighted by Crippen LogP contribution is 2.21. The lowest BCUT2D eigenvalue weighted by Crippen LogP contribution is -2.30. The van der Waals surface area contributed by atoms with E-state index in [1.165, 1.54) is 31.2 Å². The van der Waals surface area contributed by atoms with Crippen LogP contribution in [0.15, 0.2) is 48.5 Å². The second-order valence-corrected chi connectivity index (χ2v) is 7.63. The standard InChI is InChI=1S/C21H23ClN2O5/c1-13(18(25)24-17-8-6-5-7-16(17)22)28-19(26)14-9-11-15(12-10-14)23-20(27)29-21(2,3)4/h5-13H,1-4H3,(H,23,27)(H,24,25)/t13-/m0/s1. The summed E-state index contributed by atoms with van der Waals surface area (Å²) in [5, 5.41) is 5.55. The molecule has 0 unspecified atom stereocenters. The third kappa shape index (κ3) is 7.12. The van der Waals surface area contributed by atoms with E-state index in [1.807, 2.05) is 0 Å². The lowest BCUT2D eigenvalue weighted by molar-refractivity contribution is -0.123. The number of halogens is 1. The fourth-order valence-electron chi connectivity index (χ4n) is 2.19. The van der Waals surface area contributed by atoms with E-state index in [-0.39, 0.29) is 5.56 Å². The van der Waals surface area contributed by atoms with Crippen molar-refractivity contribution in [1.82, 2.24) is 0 Å². The van der Waals surface area contributed by atoms with E-state index in [2.05, 4.69) is 10.6 Å². The van der Waals surface area contributed by atoms with Gasteiger partial charge in [0.2, 0.25) is 0 Å². The Hall–Kier alpha value is -3.06. The smallest absolute Gasteiger partial charge is 0.412 e. The molecule has 2 N–H and O–H groups in total. The molecule has 0 aromatic heterocycles. The van der Waals surface area contributed by atoms with Crippen molar-refractivity contribution in [3.63, 3.8) is 0 Å². The molecule has 0 heterocycles. The first-order chi connectivity index (χ1) is 13.5. The molecule has 0 aliphatic rings. The Morgan fingerprint density at radius 2 is 1.59 bits per heavy atom. The number of carbonyl (C=O) groups is 3. The van der Waals surface area contributed by atoms with Crippen molar-refractivity contribution in [1.29, 1.82) is 0 Å². The van der Waals surface area contributed by atoms with Crippen molar-refractivity contribution >= 4 is 40.9 Å². The molecule has 154 valence electrons. The average molecular weight is 419 g/mol. The lowest BCUT2D eigenvalue weighted by Gasteiger charge is -2.19. The number of hydrogen-bond donors (Lipinski definition) is 2. The molecule has 2 aromatic carbocycles. The van der Waals surface area contributed by atoms with Crippen LogP contribution in [0.2, 0.25) is 5.02 Å². The van der Waals surface area contributed by atoms with Gasteiger partial charge in [0.1, 0.15) is 5.60 Å². The summed E-state index contributed by atoms with van der Waals surface area (Å²) < 4.78 is 10.4. The van der Waals surface area contributed by atoms with Crippen LogP contribution in [0.25, 0.3) is 0 Å². The molecule has 0 radical (unpaired) electrons. The summed E-state index contributed by atoms with van der Waals surface area (Å²) in [5.41, 5.74) is 0.506. The number of nitrogens with one attached hydrogen (secondary N) is 2. The zero-order chi connectivity index (χ0) is 21.6. The Morgan fingerprint density at radius 1 is 0.966 bits per heavy atom. The minimum atomic E-state index is -1.03. The molecular formula is C21H23ClN2O5. The van der Waals surface area contributed by atoms with Crippen molar-refractivity contribution in [3.8, 4) is 0 Å². The molecule has 7 nitrogen and oxygen atoms in total. The highest BCUT2D eigenvalue weighted by Gasteiger charge is 2.20. The van der Waals surface area contributed by atoms with E-state index in [9.17, 15) is 14.4 Å². The maximum absolute atomic E-state index is 12.3. The predicted octanol–water partition coefficient (Wildman–Crippen LogP) is 4.87. The summed E-state index contributed by atoms with van der Waals surface area (Å²) in [6.07, 6.45) is -1.63. The summed E-state index contributed by atoms with van der Waals surface area (Å²) in [7, 11) is 0. The predicted molar refractivity (Wildman–Crippen MR) is 111 cm³/mol. The SMILES string of the molecule is C[C@H](OC(=O)c1ccc(NC(=O)OC(C)(C)C)cc1)C(=O)Nc1ccccc1Cl. The van der Waals surface area contributed by atoms with Crippen LogP contribution >= 0.6 is 11.6 Å². The van der Waals surface area contributed by atoms with Gasteiger partial charge in [0.15, 0.2) is 6.10 Å². The highest BCUT2D eigenvalue weighted by atomic mass is 35.5. The van der Waals surface area contributed by atoms with Crippen LogP contribution in [0.3, 0.4) is 0 Å². The van der Waals surface area contributed by atoms with Gasteiger partial charge in [-0.3, -0.25) is 10.1 Å². The van der Waals surface area contributed by atoms with E-state index in [4.69, 9.17) is 21.1 Å². The summed E-state index contributed by atoms with van der Waals surface area (Å²) in [4.78, 5) is 36.2. The molecule has 8 heteroatoms. The van der Waals surface area contributed by atoms with Gasteiger partial charge in [-0.1, -0.05) is 23.7 Å². The van der Waals surface area contributed by atoms with Crippen LogP contribution in [0, 0.1) is 0 Å². The summed E-state index contributed by atoms with van der Waals surface area (Å²) in [5.74, 6) is -1.18. The molecular weight excluding hydrogens is 396 g/mol. The Kier molecular flexibility index (Phi) is 7.23. The Labute approximate surface area is 174 Å². The molecule has 29 heavy (non-hydrogen) atoms. The molecule has 0 fully saturated rings. The van der Waals surface area contributed by atoms with Crippen molar-refractivity contribution in [2.24, 2.45) is 0 Å². The van der Waals surface area contributed by atoms with Crippen LogP contribution in [0.1, 0.15) is 38.1 Å². The molecule has 0 spiro atoms. The second-order valence-electron chi connectivity index (χ2n) is 7.22. The summed E-state index contributed by atoms with van der Waals surface area (Å²) in [6, 6.07) is 12.8. The number of benzene rings is 2. The Bertz CT molecular complexity index is 891. The number of ether oxygens (including phenoxy) is 2. The van der Waals surface area contributed by atoms with Crippen LogP contribution in [0.4, 0.5) is 16.2 Å².